The Bertz CT molecular complexity index is 1150. The van der Waals surface area contributed by atoms with Crippen molar-refractivity contribution < 1.29 is 9.18 Å². The summed E-state index contributed by atoms with van der Waals surface area (Å²) >= 11 is 2.60. The summed E-state index contributed by atoms with van der Waals surface area (Å²) in [5.41, 5.74) is 1.19. The number of carbonyl (C=O) groups is 1. The summed E-state index contributed by atoms with van der Waals surface area (Å²) in [6.07, 6.45) is 3.54. The molecule has 1 aliphatic rings. The van der Waals surface area contributed by atoms with E-state index < -0.39 is 5.25 Å². The first-order chi connectivity index (χ1) is 16.0. The van der Waals surface area contributed by atoms with Gasteiger partial charge < -0.3 is 5.32 Å². The maximum Gasteiger partial charge on any atom is 0.238 e. The molecule has 0 spiro atoms. The number of thioether (sulfide) groups is 1. The number of anilines is 1. The number of amides is 1. The van der Waals surface area contributed by atoms with Crippen LogP contribution in [0.25, 0.3) is 5.69 Å². The van der Waals surface area contributed by atoms with Gasteiger partial charge in [-0.05, 0) is 75.5 Å². The normalized spacial score (nSPS) is 16.2. The predicted molar refractivity (Wildman–Crippen MR) is 128 cm³/mol. The van der Waals surface area contributed by atoms with Gasteiger partial charge in [-0.2, -0.15) is 5.26 Å². The topological polar surface area (TPSA) is 86.8 Å². The number of piperidine rings is 1. The molecule has 0 bridgehead atoms. The zero-order chi connectivity index (χ0) is 23.4. The van der Waals surface area contributed by atoms with E-state index in [1.807, 2.05) is 4.57 Å². The van der Waals surface area contributed by atoms with Gasteiger partial charge >= 0.3 is 0 Å². The minimum Gasteiger partial charge on any atom is -0.316 e. The number of likely N-dealkylation sites (tertiary alicyclic amines) is 1. The molecular weight excluding hydrogens is 459 g/mol. The van der Waals surface area contributed by atoms with Crippen LogP contribution in [-0.2, 0) is 4.79 Å². The number of aromatic nitrogens is 3. The van der Waals surface area contributed by atoms with Crippen LogP contribution in [0.15, 0.2) is 40.9 Å². The second-order valence-electron chi connectivity index (χ2n) is 7.95. The number of rotatable bonds is 7. The number of hydrogen-bond acceptors (Lipinski definition) is 7. The molecular formula is C23H25FN6OS2. The number of hydrogen-bond donors (Lipinski definition) is 1. The average Bonchev–Trinajstić information content (AvgIpc) is 3.46. The van der Waals surface area contributed by atoms with Gasteiger partial charge in [0.05, 0.1) is 16.9 Å². The molecule has 2 aromatic heterocycles. The summed E-state index contributed by atoms with van der Waals surface area (Å²) in [7, 11) is 0. The fourth-order valence-corrected chi connectivity index (χ4v) is 5.46. The number of halogens is 1. The van der Waals surface area contributed by atoms with Gasteiger partial charge in [-0.1, -0.05) is 18.2 Å². The third kappa shape index (κ3) is 5.27. The van der Waals surface area contributed by atoms with Crippen molar-refractivity contribution in [2.24, 2.45) is 0 Å². The van der Waals surface area contributed by atoms with E-state index in [2.05, 4.69) is 33.4 Å². The van der Waals surface area contributed by atoms with Crippen LogP contribution in [0.3, 0.4) is 0 Å². The molecule has 2 atom stereocenters. The van der Waals surface area contributed by atoms with Crippen molar-refractivity contribution in [1.82, 2.24) is 19.7 Å². The molecule has 10 heteroatoms. The largest absolute Gasteiger partial charge is 0.316 e. The maximum absolute atomic E-state index is 13.6. The first-order valence-electron chi connectivity index (χ1n) is 10.9. The predicted octanol–water partition coefficient (Wildman–Crippen LogP) is 5.01. The van der Waals surface area contributed by atoms with Gasteiger partial charge in [0.2, 0.25) is 5.91 Å². The van der Waals surface area contributed by atoms with Crippen molar-refractivity contribution in [3.05, 3.63) is 52.9 Å². The van der Waals surface area contributed by atoms with Crippen LogP contribution in [0.1, 0.15) is 50.5 Å². The molecule has 4 rings (SSSR count). The minimum absolute atomic E-state index is 0.0330. The van der Waals surface area contributed by atoms with Crippen molar-refractivity contribution in [3.63, 3.8) is 0 Å². The first-order valence-corrected chi connectivity index (χ1v) is 12.6. The number of carbonyl (C=O) groups excluding carboxylic acids is 1. The lowest BCUT2D eigenvalue weighted by Crippen LogP contribution is -2.33. The Hall–Kier alpha value is -2.74. The number of benzene rings is 1. The Kier molecular flexibility index (Phi) is 7.42. The first kappa shape index (κ1) is 23.4. The quantitative estimate of drug-likeness (QED) is 0.475. The molecule has 1 fully saturated rings. The SMILES string of the molecule is CC(Sc1nnc(C(C)N2CCCCC2)n1-c1ccc(F)cc1)C(=O)Nc1sccc1C#N. The number of nitrogens with one attached hydrogen (secondary N) is 1. The minimum atomic E-state index is -0.486. The van der Waals surface area contributed by atoms with Crippen LogP contribution in [0.5, 0.6) is 0 Å². The molecule has 1 N–H and O–H groups in total. The van der Waals surface area contributed by atoms with Crippen molar-refractivity contribution >= 4 is 34.0 Å². The third-order valence-corrected chi connectivity index (χ3v) is 7.60. The van der Waals surface area contributed by atoms with E-state index in [1.165, 1.54) is 41.7 Å². The van der Waals surface area contributed by atoms with Gasteiger partial charge in [0, 0.05) is 5.69 Å². The lowest BCUT2D eigenvalue weighted by molar-refractivity contribution is -0.115. The highest BCUT2D eigenvalue weighted by Gasteiger charge is 2.27. The van der Waals surface area contributed by atoms with E-state index in [1.54, 1.807) is 30.5 Å². The van der Waals surface area contributed by atoms with Gasteiger partial charge in [0.25, 0.3) is 0 Å². The van der Waals surface area contributed by atoms with Crippen molar-refractivity contribution in [3.8, 4) is 11.8 Å². The van der Waals surface area contributed by atoms with Gasteiger partial charge in [0.1, 0.15) is 16.9 Å². The Labute approximate surface area is 200 Å². The van der Waals surface area contributed by atoms with Gasteiger partial charge in [-0.25, -0.2) is 4.39 Å². The molecule has 1 aliphatic heterocycles. The average molecular weight is 485 g/mol. The monoisotopic (exact) mass is 484 g/mol. The Balaban J connectivity index is 1.60. The number of nitrogens with zero attached hydrogens (tertiary/aromatic N) is 5. The van der Waals surface area contributed by atoms with Crippen molar-refractivity contribution in [2.75, 3.05) is 18.4 Å². The zero-order valence-corrected chi connectivity index (χ0v) is 20.1. The number of thiophene rings is 1. The van der Waals surface area contributed by atoms with Crippen LogP contribution < -0.4 is 5.32 Å². The molecule has 3 aromatic rings. The molecule has 1 aromatic carbocycles. The fraction of sp³-hybridized carbons (Fsp3) is 0.391. The molecule has 33 heavy (non-hydrogen) atoms. The Morgan fingerprint density at radius 3 is 2.61 bits per heavy atom. The van der Waals surface area contributed by atoms with E-state index >= 15 is 0 Å². The third-order valence-electron chi connectivity index (χ3n) is 5.73. The molecule has 172 valence electrons. The summed E-state index contributed by atoms with van der Waals surface area (Å²) in [6, 6.07) is 10.0. The smallest absolute Gasteiger partial charge is 0.238 e. The Morgan fingerprint density at radius 1 is 1.18 bits per heavy atom. The second kappa shape index (κ2) is 10.5. The van der Waals surface area contributed by atoms with Gasteiger partial charge in [-0.15, -0.1) is 21.5 Å². The van der Waals surface area contributed by atoms with E-state index in [-0.39, 0.29) is 17.8 Å². The van der Waals surface area contributed by atoms with E-state index in [0.717, 1.165) is 37.4 Å². The molecule has 7 nitrogen and oxygen atoms in total. The van der Waals surface area contributed by atoms with Crippen molar-refractivity contribution in [2.45, 2.75) is 49.6 Å². The zero-order valence-electron chi connectivity index (χ0n) is 18.5. The van der Waals surface area contributed by atoms with Crippen LogP contribution in [0.2, 0.25) is 0 Å². The fourth-order valence-electron chi connectivity index (χ4n) is 3.85. The van der Waals surface area contributed by atoms with Crippen molar-refractivity contribution in [1.29, 1.82) is 5.26 Å². The summed E-state index contributed by atoms with van der Waals surface area (Å²) < 4.78 is 15.5. The van der Waals surface area contributed by atoms with Crippen LogP contribution in [0, 0.1) is 17.1 Å². The maximum atomic E-state index is 13.6. The molecule has 0 radical (unpaired) electrons. The van der Waals surface area contributed by atoms with Crippen LogP contribution in [-0.4, -0.2) is 43.9 Å². The van der Waals surface area contributed by atoms with Crippen LogP contribution >= 0.6 is 23.1 Å². The number of nitriles is 1. The van der Waals surface area contributed by atoms with E-state index in [4.69, 9.17) is 0 Å². The summed E-state index contributed by atoms with van der Waals surface area (Å²) in [4.78, 5) is 15.2. The molecule has 1 saturated heterocycles. The second-order valence-corrected chi connectivity index (χ2v) is 10.2. The highest BCUT2D eigenvalue weighted by Crippen LogP contribution is 2.32. The Morgan fingerprint density at radius 2 is 1.91 bits per heavy atom. The summed E-state index contributed by atoms with van der Waals surface area (Å²) in [5, 5.41) is 23.3. The van der Waals surface area contributed by atoms with E-state index in [0.29, 0.717) is 15.7 Å². The summed E-state index contributed by atoms with van der Waals surface area (Å²) in [5.74, 6) is 0.227. The highest BCUT2D eigenvalue weighted by molar-refractivity contribution is 8.00. The van der Waals surface area contributed by atoms with Crippen LogP contribution in [0.4, 0.5) is 9.39 Å². The van der Waals surface area contributed by atoms with Gasteiger partial charge in [-0.3, -0.25) is 14.3 Å². The lowest BCUT2D eigenvalue weighted by atomic mass is 10.1. The molecule has 0 aliphatic carbocycles. The molecule has 2 unspecified atom stereocenters. The van der Waals surface area contributed by atoms with E-state index in [9.17, 15) is 14.4 Å². The van der Waals surface area contributed by atoms with Gasteiger partial charge in [0.15, 0.2) is 11.0 Å². The highest BCUT2D eigenvalue weighted by atomic mass is 32.2. The standard InChI is InChI=1S/C23H25FN6OS2/c1-15(29-11-4-3-5-12-29)20-27-28-23(30(20)19-8-6-18(24)7-9-19)33-16(2)21(31)26-22-17(14-25)10-13-32-22/h6-10,13,15-16H,3-5,11-12H2,1-2H3,(H,26,31). The molecule has 3 heterocycles. The molecule has 0 saturated carbocycles. The molecule has 1 amide bonds. The lowest BCUT2D eigenvalue weighted by Gasteiger charge is -2.32. The summed E-state index contributed by atoms with van der Waals surface area (Å²) in [6.45, 7) is 5.90.